The first kappa shape index (κ1) is 8.93. The summed E-state index contributed by atoms with van der Waals surface area (Å²) in [5.41, 5.74) is 0. The van der Waals surface area contributed by atoms with E-state index in [4.69, 9.17) is 14.6 Å². The highest BCUT2D eigenvalue weighted by molar-refractivity contribution is 4.80. The van der Waals surface area contributed by atoms with E-state index in [1.54, 1.807) is 6.92 Å². The molecule has 0 bridgehead atoms. The van der Waals surface area contributed by atoms with Crippen molar-refractivity contribution < 1.29 is 19.7 Å². The highest BCUT2D eigenvalue weighted by Crippen LogP contribution is 2.20. The van der Waals surface area contributed by atoms with Crippen molar-refractivity contribution in [1.82, 2.24) is 0 Å². The minimum absolute atomic E-state index is 0.225. The summed E-state index contributed by atoms with van der Waals surface area (Å²) < 4.78 is 10.0. The maximum absolute atomic E-state index is 9.34. The minimum atomic E-state index is -0.855. The van der Waals surface area contributed by atoms with Crippen LogP contribution in [0.25, 0.3) is 0 Å². The highest BCUT2D eigenvalue weighted by Gasteiger charge is 2.34. The molecule has 1 saturated heterocycles. The smallest absolute Gasteiger partial charge is 0.157 e. The Labute approximate surface area is 65.7 Å². The standard InChI is InChI=1S/C7H14O4/c1-4-7(10-2)5(8)3-6(9)11-4/h4-9H,3H2,1-2H3. The van der Waals surface area contributed by atoms with E-state index in [1.165, 1.54) is 7.11 Å². The summed E-state index contributed by atoms with van der Waals surface area (Å²) >= 11 is 0. The predicted molar refractivity (Wildman–Crippen MR) is 38.0 cm³/mol. The Bertz CT molecular complexity index is 116. The number of aliphatic hydroxyl groups excluding tert-OH is 2. The van der Waals surface area contributed by atoms with Crippen LogP contribution in [0.5, 0.6) is 0 Å². The fourth-order valence-electron chi connectivity index (χ4n) is 1.38. The molecule has 11 heavy (non-hydrogen) atoms. The van der Waals surface area contributed by atoms with Crippen molar-refractivity contribution in [1.29, 1.82) is 0 Å². The van der Waals surface area contributed by atoms with E-state index in [0.717, 1.165) is 0 Å². The molecule has 0 spiro atoms. The lowest BCUT2D eigenvalue weighted by Gasteiger charge is -2.34. The third-order valence-electron chi connectivity index (χ3n) is 1.93. The maximum atomic E-state index is 9.34. The topological polar surface area (TPSA) is 58.9 Å². The Balaban J connectivity index is 2.52. The summed E-state index contributed by atoms with van der Waals surface area (Å²) in [5, 5.41) is 18.4. The first-order chi connectivity index (χ1) is 5.15. The van der Waals surface area contributed by atoms with Gasteiger partial charge in [-0.15, -0.1) is 0 Å². The van der Waals surface area contributed by atoms with Crippen LogP contribution in [0.15, 0.2) is 0 Å². The van der Waals surface area contributed by atoms with Gasteiger partial charge in [-0.1, -0.05) is 0 Å². The molecule has 2 N–H and O–H groups in total. The fourth-order valence-corrected chi connectivity index (χ4v) is 1.38. The average Bonchev–Trinajstić information content (AvgIpc) is 1.85. The van der Waals surface area contributed by atoms with Crippen molar-refractivity contribution in [2.75, 3.05) is 7.11 Å². The minimum Gasteiger partial charge on any atom is -0.390 e. The normalized spacial score (nSPS) is 45.8. The van der Waals surface area contributed by atoms with E-state index >= 15 is 0 Å². The molecule has 4 nitrogen and oxygen atoms in total. The van der Waals surface area contributed by atoms with E-state index < -0.39 is 12.4 Å². The SMILES string of the molecule is COC1C(O)CC(O)OC1C. The lowest BCUT2D eigenvalue weighted by Crippen LogP contribution is -2.47. The van der Waals surface area contributed by atoms with Crippen LogP contribution in [0.4, 0.5) is 0 Å². The summed E-state index contributed by atoms with van der Waals surface area (Å²) in [6.07, 6.45) is -1.83. The highest BCUT2D eigenvalue weighted by atomic mass is 16.6. The molecule has 66 valence electrons. The van der Waals surface area contributed by atoms with Crippen LogP contribution in [-0.4, -0.2) is 41.9 Å². The van der Waals surface area contributed by atoms with Gasteiger partial charge in [0.2, 0.25) is 0 Å². The number of methoxy groups -OCH3 is 1. The Morgan fingerprint density at radius 3 is 2.55 bits per heavy atom. The van der Waals surface area contributed by atoms with Crippen LogP contribution in [0.1, 0.15) is 13.3 Å². The fraction of sp³-hybridized carbons (Fsp3) is 1.00. The van der Waals surface area contributed by atoms with Gasteiger partial charge in [-0.3, -0.25) is 0 Å². The lowest BCUT2D eigenvalue weighted by atomic mass is 10.0. The second kappa shape index (κ2) is 3.49. The third-order valence-corrected chi connectivity index (χ3v) is 1.93. The predicted octanol–water partition coefficient (Wildman–Crippen LogP) is -0.510. The van der Waals surface area contributed by atoms with Crippen molar-refractivity contribution >= 4 is 0 Å². The molecule has 1 aliphatic heterocycles. The van der Waals surface area contributed by atoms with Gasteiger partial charge in [0.15, 0.2) is 6.29 Å². The first-order valence-corrected chi connectivity index (χ1v) is 3.69. The zero-order chi connectivity index (χ0) is 8.43. The molecule has 0 aromatic carbocycles. The van der Waals surface area contributed by atoms with Gasteiger partial charge in [0.25, 0.3) is 0 Å². The Morgan fingerprint density at radius 1 is 1.45 bits per heavy atom. The molecule has 0 aromatic rings. The van der Waals surface area contributed by atoms with Crippen LogP contribution in [0.2, 0.25) is 0 Å². The average molecular weight is 162 g/mol. The Hall–Kier alpha value is -0.160. The molecule has 0 aliphatic carbocycles. The van der Waals surface area contributed by atoms with Gasteiger partial charge in [0, 0.05) is 13.5 Å². The van der Waals surface area contributed by atoms with Crippen molar-refractivity contribution in [3.8, 4) is 0 Å². The zero-order valence-corrected chi connectivity index (χ0v) is 6.73. The van der Waals surface area contributed by atoms with E-state index in [9.17, 15) is 5.11 Å². The molecule has 0 aromatic heterocycles. The summed E-state index contributed by atoms with van der Waals surface area (Å²) in [7, 11) is 1.52. The number of hydrogen-bond acceptors (Lipinski definition) is 4. The molecule has 4 atom stereocenters. The summed E-state index contributed by atoms with van der Waals surface area (Å²) in [6.45, 7) is 1.76. The Morgan fingerprint density at radius 2 is 2.09 bits per heavy atom. The van der Waals surface area contributed by atoms with Gasteiger partial charge >= 0.3 is 0 Å². The molecule has 4 unspecified atom stereocenters. The monoisotopic (exact) mass is 162 g/mol. The first-order valence-electron chi connectivity index (χ1n) is 3.69. The van der Waals surface area contributed by atoms with Crippen LogP contribution in [0, 0.1) is 0 Å². The molecule has 1 aliphatic rings. The number of ether oxygens (including phenoxy) is 2. The van der Waals surface area contributed by atoms with Crippen molar-refractivity contribution in [3.05, 3.63) is 0 Å². The van der Waals surface area contributed by atoms with E-state index in [0.29, 0.717) is 0 Å². The second-order valence-corrected chi connectivity index (χ2v) is 2.80. The quantitative estimate of drug-likeness (QED) is 0.545. The van der Waals surface area contributed by atoms with Crippen LogP contribution in [-0.2, 0) is 9.47 Å². The van der Waals surface area contributed by atoms with Gasteiger partial charge in [0.05, 0.1) is 12.2 Å². The summed E-state index contributed by atoms with van der Waals surface area (Å²) in [5.74, 6) is 0. The van der Waals surface area contributed by atoms with Crippen LogP contribution in [0.3, 0.4) is 0 Å². The van der Waals surface area contributed by atoms with Gasteiger partial charge < -0.3 is 19.7 Å². The van der Waals surface area contributed by atoms with Gasteiger partial charge in [0.1, 0.15) is 6.10 Å². The molecular weight excluding hydrogens is 148 g/mol. The largest absolute Gasteiger partial charge is 0.390 e. The molecule has 0 radical (unpaired) electrons. The molecule has 0 amide bonds. The molecule has 0 saturated carbocycles. The lowest BCUT2D eigenvalue weighted by molar-refractivity contribution is -0.232. The molecule has 1 heterocycles. The Kier molecular flexibility index (Phi) is 2.84. The summed E-state index contributed by atoms with van der Waals surface area (Å²) in [6, 6.07) is 0. The van der Waals surface area contributed by atoms with Crippen molar-refractivity contribution in [2.45, 2.75) is 37.9 Å². The van der Waals surface area contributed by atoms with E-state index in [2.05, 4.69) is 0 Å². The number of aliphatic hydroxyl groups is 2. The zero-order valence-electron chi connectivity index (χ0n) is 6.73. The van der Waals surface area contributed by atoms with Gasteiger partial charge in [-0.2, -0.15) is 0 Å². The molecule has 1 rings (SSSR count). The number of rotatable bonds is 1. The van der Waals surface area contributed by atoms with Crippen molar-refractivity contribution in [3.63, 3.8) is 0 Å². The number of hydrogen-bond donors (Lipinski definition) is 2. The molecular formula is C7H14O4. The van der Waals surface area contributed by atoms with Gasteiger partial charge in [-0.25, -0.2) is 0 Å². The molecule has 1 fully saturated rings. The summed E-state index contributed by atoms with van der Waals surface area (Å²) in [4.78, 5) is 0. The maximum Gasteiger partial charge on any atom is 0.157 e. The molecule has 4 heteroatoms. The second-order valence-electron chi connectivity index (χ2n) is 2.80. The van der Waals surface area contributed by atoms with Gasteiger partial charge in [-0.05, 0) is 6.92 Å². The van der Waals surface area contributed by atoms with E-state index in [-0.39, 0.29) is 18.6 Å². The van der Waals surface area contributed by atoms with Crippen LogP contribution < -0.4 is 0 Å². The van der Waals surface area contributed by atoms with E-state index in [1.807, 2.05) is 0 Å². The van der Waals surface area contributed by atoms with Crippen LogP contribution >= 0.6 is 0 Å². The van der Waals surface area contributed by atoms with Crippen molar-refractivity contribution in [2.24, 2.45) is 0 Å². The third kappa shape index (κ3) is 1.90.